The highest BCUT2D eigenvalue weighted by Gasteiger charge is 2.31. The lowest BCUT2D eigenvalue weighted by molar-refractivity contribution is 0.00275. The molecule has 1 saturated carbocycles. The summed E-state index contributed by atoms with van der Waals surface area (Å²) in [6.07, 6.45) is 6.17. The second-order valence-corrected chi connectivity index (χ2v) is 7.48. The van der Waals surface area contributed by atoms with Crippen LogP contribution in [0.25, 0.3) is 0 Å². The number of piperazine rings is 1. The Morgan fingerprint density at radius 1 is 1.12 bits per heavy atom. The lowest BCUT2D eigenvalue weighted by Gasteiger charge is -2.42. The normalized spacial score (nSPS) is 25.5. The molecular weight excluding hydrogens is 322 g/mol. The summed E-state index contributed by atoms with van der Waals surface area (Å²) in [7, 11) is 0. The van der Waals surface area contributed by atoms with E-state index < -0.39 is 0 Å². The van der Waals surface area contributed by atoms with Crippen LogP contribution < -0.4 is 5.32 Å². The number of hydrogen-bond acceptors (Lipinski definition) is 4. The van der Waals surface area contributed by atoms with Crippen LogP contribution in [0.2, 0.25) is 0 Å². The van der Waals surface area contributed by atoms with Gasteiger partial charge in [0.1, 0.15) is 0 Å². The van der Waals surface area contributed by atoms with E-state index in [1.54, 1.807) is 11.8 Å². The van der Waals surface area contributed by atoms with Gasteiger partial charge in [-0.05, 0) is 43.4 Å². The molecule has 2 amide bonds. The van der Waals surface area contributed by atoms with Crippen LogP contribution in [-0.2, 0) is 0 Å². The maximum absolute atomic E-state index is 12.4. The zero-order chi connectivity index (χ0) is 16.9. The highest BCUT2D eigenvalue weighted by atomic mass is 32.2. The molecule has 0 bridgehead atoms. The fourth-order valence-corrected chi connectivity index (χ4v) is 4.06. The third-order valence-corrected chi connectivity index (χ3v) is 5.85. The van der Waals surface area contributed by atoms with Crippen LogP contribution in [-0.4, -0.2) is 65.5 Å². The number of carbonyl (C=O) groups excluding carboxylic acids is 1. The SMILES string of the molecule is CSc1ccc(NC(=O)N2CCN([C@H]3CCCC[C@@H]3O)CC2)cc1. The predicted octanol–water partition coefficient (Wildman–Crippen LogP) is 2.86. The van der Waals surface area contributed by atoms with Gasteiger partial charge in [0.05, 0.1) is 6.10 Å². The van der Waals surface area contributed by atoms with Crippen LogP contribution in [0.15, 0.2) is 29.2 Å². The molecule has 0 spiro atoms. The number of nitrogens with zero attached hydrogens (tertiary/aromatic N) is 2. The Kier molecular flexibility index (Phi) is 6.03. The summed E-state index contributed by atoms with van der Waals surface area (Å²) in [5.74, 6) is 0. The first-order chi connectivity index (χ1) is 11.7. The predicted molar refractivity (Wildman–Crippen MR) is 98.7 cm³/mol. The lowest BCUT2D eigenvalue weighted by atomic mass is 9.91. The number of thioether (sulfide) groups is 1. The number of hydrogen-bond donors (Lipinski definition) is 2. The van der Waals surface area contributed by atoms with E-state index in [1.165, 1.54) is 11.3 Å². The second kappa shape index (κ2) is 8.23. The third-order valence-electron chi connectivity index (χ3n) is 5.11. The molecule has 1 aliphatic carbocycles. The molecule has 0 aromatic heterocycles. The number of urea groups is 1. The number of nitrogens with one attached hydrogen (secondary N) is 1. The van der Waals surface area contributed by atoms with Crippen LogP contribution in [0.3, 0.4) is 0 Å². The summed E-state index contributed by atoms with van der Waals surface area (Å²) < 4.78 is 0. The topological polar surface area (TPSA) is 55.8 Å². The molecule has 2 atom stereocenters. The summed E-state index contributed by atoms with van der Waals surface area (Å²) in [5.41, 5.74) is 0.836. The van der Waals surface area contributed by atoms with Gasteiger partial charge in [-0.1, -0.05) is 12.8 Å². The molecule has 2 fully saturated rings. The molecule has 0 radical (unpaired) electrons. The molecule has 1 saturated heterocycles. The monoisotopic (exact) mass is 349 g/mol. The molecule has 132 valence electrons. The Hall–Kier alpha value is -1.24. The minimum atomic E-state index is -0.200. The van der Waals surface area contributed by atoms with E-state index in [-0.39, 0.29) is 18.2 Å². The quantitative estimate of drug-likeness (QED) is 0.824. The van der Waals surface area contributed by atoms with Gasteiger partial charge in [-0.3, -0.25) is 4.90 Å². The Balaban J connectivity index is 1.49. The number of aliphatic hydroxyl groups is 1. The third kappa shape index (κ3) is 4.23. The number of rotatable bonds is 3. The van der Waals surface area contributed by atoms with Crippen LogP contribution >= 0.6 is 11.8 Å². The van der Waals surface area contributed by atoms with E-state index >= 15 is 0 Å². The Labute approximate surface area is 148 Å². The van der Waals surface area contributed by atoms with E-state index in [4.69, 9.17) is 0 Å². The fourth-order valence-electron chi connectivity index (χ4n) is 3.65. The zero-order valence-corrected chi connectivity index (χ0v) is 15.1. The minimum Gasteiger partial charge on any atom is -0.391 e. The van der Waals surface area contributed by atoms with Crippen LogP contribution in [0.1, 0.15) is 25.7 Å². The van der Waals surface area contributed by atoms with Gasteiger partial charge in [0, 0.05) is 42.8 Å². The van der Waals surface area contributed by atoms with Gasteiger partial charge in [-0.15, -0.1) is 11.8 Å². The van der Waals surface area contributed by atoms with Crippen molar-refractivity contribution < 1.29 is 9.90 Å². The summed E-state index contributed by atoms with van der Waals surface area (Å²) in [4.78, 5) is 17.8. The van der Waals surface area contributed by atoms with Crippen molar-refractivity contribution in [1.29, 1.82) is 0 Å². The first-order valence-electron chi connectivity index (χ1n) is 8.79. The van der Waals surface area contributed by atoms with Gasteiger partial charge in [0.15, 0.2) is 0 Å². The van der Waals surface area contributed by atoms with Crippen molar-refractivity contribution in [2.45, 2.75) is 42.7 Å². The van der Waals surface area contributed by atoms with E-state index in [1.807, 2.05) is 35.4 Å². The summed E-state index contributed by atoms with van der Waals surface area (Å²) >= 11 is 1.69. The van der Waals surface area contributed by atoms with E-state index in [9.17, 15) is 9.90 Å². The lowest BCUT2D eigenvalue weighted by Crippen LogP contribution is -2.56. The van der Waals surface area contributed by atoms with Crippen molar-refractivity contribution in [2.75, 3.05) is 37.8 Å². The van der Waals surface area contributed by atoms with Gasteiger partial charge in [0.25, 0.3) is 0 Å². The Morgan fingerprint density at radius 2 is 1.79 bits per heavy atom. The molecular formula is C18H27N3O2S. The fraction of sp³-hybridized carbons (Fsp3) is 0.611. The number of aliphatic hydroxyl groups excluding tert-OH is 1. The average Bonchev–Trinajstić information content (AvgIpc) is 2.63. The molecule has 0 unspecified atom stereocenters. The number of anilines is 1. The first kappa shape index (κ1) is 17.6. The van der Waals surface area contributed by atoms with Crippen LogP contribution in [0.4, 0.5) is 10.5 Å². The molecule has 2 N–H and O–H groups in total. The van der Waals surface area contributed by atoms with Gasteiger partial charge < -0.3 is 15.3 Å². The summed E-state index contributed by atoms with van der Waals surface area (Å²) in [6.45, 7) is 3.14. The van der Waals surface area contributed by atoms with Gasteiger partial charge in [0.2, 0.25) is 0 Å². The van der Waals surface area contributed by atoms with Gasteiger partial charge in [-0.25, -0.2) is 4.79 Å². The smallest absolute Gasteiger partial charge is 0.321 e. The maximum atomic E-state index is 12.4. The standard InChI is InChI=1S/C18H27N3O2S/c1-24-15-8-6-14(7-9-15)19-18(23)21-12-10-20(11-13-21)16-4-2-3-5-17(16)22/h6-9,16-17,22H,2-5,10-13H2,1H3,(H,19,23)/t16-,17-/m0/s1. The molecule has 24 heavy (non-hydrogen) atoms. The molecule has 1 aliphatic heterocycles. The highest BCUT2D eigenvalue weighted by Crippen LogP contribution is 2.24. The average molecular weight is 350 g/mol. The maximum Gasteiger partial charge on any atom is 0.321 e. The van der Waals surface area contributed by atoms with Gasteiger partial charge in [-0.2, -0.15) is 0 Å². The van der Waals surface area contributed by atoms with Crippen molar-refractivity contribution in [1.82, 2.24) is 9.80 Å². The molecule has 1 heterocycles. The molecule has 2 aliphatic rings. The Bertz CT molecular complexity index is 544. The molecule has 1 aromatic rings. The van der Waals surface area contributed by atoms with E-state index in [2.05, 4.69) is 10.2 Å². The number of benzene rings is 1. The van der Waals surface area contributed by atoms with Crippen molar-refractivity contribution in [2.24, 2.45) is 0 Å². The van der Waals surface area contributed by atoms with Crippen molar-refractivity contribution >= 4 is 23.5 Å². The molecule has 5 nitrogen and oxygen atoms in total. The molecule has 6 heteroatoms. The van der Waals surface area contributed by atoms with Crippen LogP contribution in [0.5, 0.6) is 0 Å². The first-order valence-corrected chi connectivity index (χ1v) is 10.0. The molecule has 1 aromatic carbocycles. The number of carbonyl (C=O) groups is 1. The highest BCUT2D eigenvalue weighted by molar-refractivity contribution is 7.98. The summed E-state index contributed by atoms with van der Waals surface area (Å²) in [6, 6.07) is 8.17. The van der Waals surface area contributed by atoms with Crippen molar-refractivity contribution in [3.8, 4) is 0 Å². The van der Waals surface area contributed by atoms with E-state index in [0.717, 1.165) is 51.1 Å². The Morgan fingerprint density at radius 3 is 2.42 bits per heavy atom. The van der Waals surface area contributed by atoms with Crippen molar-refractivity contribution in [3.63, 3.8) is 0 Å². The van der Waals surface area contributed by atoms with Gasteiger partial charge >= 0.3 is 6.03 Å². The second-order valence-electron chi connectivity index (χ2n) is 6.60. The van der Waals surface area contributed by atoms with E-state index in [0.29, 0.717) is 0 Å². The number of amides is 2. The van der Waals surface area contributed by atoms with Crippen LogP contribution in [0, 0.1) is 0 Å². The largest absolute Gasteiger partial charge is 0.391 e. The minimum absolute atomic E-state index is 0.0317. The van der Waals surface area contributed by atoms with Crippen molar-refractivity contribution in [3.05, 3.63) is 24.3 Å². The zero-order valence-electron chi connectivity index (χ0n) is 14.3. The summed E-state index contributed by atoms with van der Waals surface area (Å²) in [5, 5.41) is 13.2. The molecule has 3 rings (SSSR count).